The minimum atomic E-state index is -0.520. The third-order valence-corrected chi connectivity index (χ3v) is 3.67. The van der Waals surface area contributed by atoms with Gasteiger partial charge >= 0.3 is 6.09 Å². The summed E-state index contributed by atoms with van der Waals surface area (Å²) in [7, 11) is 0. The number of hydrogen-bond acceptors (Lipinski definition) is 5. The molecule has 0 saturated carbocycles. The predicted octanol–water partition coefficient (Wildman–Crippen LogP) is 1.42. The summed E-state index contributed by atoms with van der Waals surface area (Å²) in [6.45, 7) is 7.32. The second kappa shape index (κ2) is 6.10. The van der Waals surface area contributed by atoms with E-state index in [1.807, 2.05) is 20.8 Å². The van der Waals surface area contributed by atoms with Crippen LogP contribution in [0.4, 0.5) is 4.79 Å². The van der Waals surface area contributed by atoms with Crippen molar-refractivity contribution >= 4 is 17.8 Å². The van der Waals surface area contributed by atoms with Gasteiger partial charge < -0.3 is 14.5 Å². The molecule has 8 heteroatoms. The quantitative estimate of drug-likeness (QED) is 0.789. The fraction of sp³-hybridized carbons (Fsp3) is 0.500. The molecule has 0 bridgehead atoms. The number of fused-ring (bicyclic) bond motifs is 1. The van der Waals surface area contributed by atoms with E-state index >= 15 is 0 Å². The Labute approximate surface area is 140 Å². The largest absolute Gasteiger partial charge is 0.444 e. The molecule has 0 aromatic carbocycles. The lowest BCUT2D eigenvalue weighted by Gasteiger charge is -2.35. The van der Waals surface area contributed by atoms with Gasteiger partial charge in [0.25, 0.3) is 5.91 Å². The highest BCUT2D eigenvalue weighted by atomic mass is 16.6. The van der Waals surface area contributed by atoms with Crippen LogP contribution >= 0.6 is 0 Å². The fourth-order valence-corrected chi connectivity index (χ4v) is 2.51. The average molecular weight is 331 g/mol. The minimum Gasteiger partial charge on any atom is -0.444 e. The number of nitrogens with zero attached hydrogens (tertiary/aromatic N) is 5. The Hall–Kier alpha value is -2.64. The summed E-state index contributed by atoms with van der Waals surface area (Å²) < 4.78 is 7.07. The lowest BCUT2D eigenvalue weighted by atomic mass is 10.2. The van der Waals surface area contributed by atoms with Gasteiger partial charge in [0.05, 0.1) is 0 Å². The lowest BCUT2D eigenvalue weighted by Crippen LogP contribution is -2.51. The van der Waals surface area contributed by atoms with Gasteiger partial charge in [-0.1, -0.05) is 0 Å². The first-order valence-corrected chi connectivity index (χ1v) is 7.90. The Balaban J connectivity index is 1.62. The molecule has 3 rings (SSSR count). The number of piperazine rings is 1. The van der Waals surface area contributed by atoms with Gasteiger partial charge in [0, 0.05) is 44.8 Å². The monoisotopic (exact) mass is 331 g/mol. The number of hydrogen-bond donors (Lipinski definition) is 0. The number of carbonyl (C=O) groups is 2. The number of ether oxygens (including phenoxy) is 1. The van der Waals surface area contributed by atoms with Crippen molar-refractivity contribution < 1.29 is 14.3 Å². The molecule has 0 spiro atoms. The Bertz CT molecular complexity index is 723. The lowest BCUT2D eigenvalue weighted by molar-refractivity contribution is 0.0140. The fourth-order valence-electron chi connectivity index (χ4n) is 2.51. The first-order chi connectivity index (χ1) is 11.3. The number of aromatic nitrogens is 3. The smallest absolute Gasteiger partial charge is 0.410 e. The molecule has 1 saturated heterocycles. The van der Waals surface area contributed by atoms with Gasteiger partial charge in [0.2, 0.25) is 5.78 Å². The van der Waals surface area contributed by atoms with E-state index < -0.39 is 5.60 Å². The van der Waals surface area contributed by atoms with Gasteiger partial charge in [0.15, 0.2) is 0 Å². The molecule has 0 N–H and O–H groups in total. The summed E-state index contributed by atoms with van der Waals surface area (Å²) in [5, 5.41) is 0. The second-order valence-electron chi connectivity index (χ2n) is 6.71. The first kappa shape index (κ1) is 16.2. The number of carbonyl (C=O) groups excluding carboxylic acids is 2. The molecule has 0 unspecified atom stereocenters. The molecule has 0 radical (unpaired) electrons. The summed E-state index contributed by atoms with van der Waals surface area (Å²) >= 11 is 0. The Morgan fingerprint density at radius 3 is 2.42 bits per heavy atom. The third-order valence-electron chi connectivity index (χ3n) is 3.67. The Morgan fingerprint density at radius 1 is 1.12 bits per heavy atom. The standard InChI is InChI=1S/C16H21N5O3/c1-16(2,3)24-15(23)20-9-7-19(8-10-20)13(22)12-11-21-6-4-5-17-14(21)18-12/h4-6,11H,7-10H2,1-3H3. The van der Waals surface area contributed by atoms with Crippen molar-refractivity contribution in [2.24, 2.45) is 0 Å². The van der Waals surface area contributed by atoms with E-state index in [9.17, 15) is 9.59 Å². The molecule has 8 nitrogen and oxygen atoms in total. The van der Waals surface area contributed by atoms with Gasteiger partial charge in [-0.05, 0) is 26.8 Å². The van der Waals surface area contributed by atoms with Crippen LogP contribution in [0.15, 0.2) is 24.7 Å². The van der Waals surface area contributed by atoms with Crippen LogP contribution < -0.4 is 0 Å². The van der Waals surface area contributed by atoms with Crippen molar-refractivity contribution in [1.82, 2.24) is 24.2 Å². The average Bonchev–Trinajstić information content (AvgIpc) is 2.96. The summed E-state index contributed by atoms with van der Waals surface area (Å²) in [5.41, 5.74) is -0.160. The molecule has 128 valence electrons. The van der Waals surface area contributed by atoms with Crippen molar-refractivity contribution in [3.8, 4) is 0 Å². The summed E-state index contributed by atoms with van der Waals surface area (Å²) in [6, 6.07) is 1.78. The maximum absolute atomic E-state index is 12.6. The molecule has 2 aromatic heterocycles. The van der Waals surface area contributed by atoms with Crippen LogP contribution in [0.5, 0.6) is 0 Å². The molecule has 2 aromatic rings. The zero-order chi connectivity index (χ0) is 17.3. The molecule has 1 aliphatic rings. The van der Waals surface area contributed by atoms with Gasteiger partial charge in [-0.15, -0.1) is 0 Å². The molecule has 1 fully saturated rings. The van der Waals surface area contributed by atoms with E-state index in [0.29, 0.717) is 37.7 Å². The zero-order valence-electron chi connectivity index (χ0n) is 14.1. The molecular formula is C16H21N5O3. The number of imidazole rings is 1. The normalized spacial score (nSPS) is 15.6. The maximum atomic E-state index is 12.6. The maximum Gasteiger partial charge on any atom is 0.410 e. The highest BCUT2D eigenvalue weighted by Gasteiger charge is 2.28. The van der Waals surface area contributed by atoms with Crippen molar-refractivity contribution in [2.75, 3.05) is 26.2 Å². The number of amides is 2. The molecule has 0 atom stereocenters. The van der Waals surface area contributed by atoms with Crippen molar-refractivity contribution in [2.45, 2.75) is 26.4 Å². The van der Waals surface area contributed by atoms with E-state index in [1.54, 1.807) is 38.9 Å². The molecule has 1 aliphatic heterocycles. The van der Waals surface area contributed by atoms with Crippen LogP contribution in [0.3, 0.4) is 0 Å². The van der Waals surface area contributed by atoms with Crippen LogP contribution in [0.2, 0.25) is 0 Å². The third kappa shape index (κ3) is 3.47. The second-order valence-corrected chi connectivity index (χ2v) is 6.71. The van der Waals surface area contributed by atoms with Crippen molar-refractivity contribution in [3.63, 3.8) is 0 Å². The van der Waals surface area contributed by atoms with E-state index in [-0.39, 0.29) is 12.0 Å². The Morgan fingerprint density at radius 2 is 1.79 bits per heavy atom. The topological polar surface area (TPSA) is 80.0 Å². The van der Waals surface area contributed by atoms with E-state index in [0.717, 1.165) is 0 Å². The molecule has 0 aliphatic carbocycles. The van der Waals surface area contributed by atoms with Crippen molar-refractivity contribution in [3.05, 3.63) is 30.4 Å². The van der Waals surface area contributed by atoms with Gasteiger partial charge in [-0.2, -0.15) is 0 Å². The van der Waals surface area contributed by atoms with Crippen LogP contribution in [0.1, 0.15) is 31.3 Å². The molecule has 2 amide bonds. The van der Waals surface area contributed by atoms with E-state index in [1.165, 1.54) is 0 Å². The zero-order valence-corrected chi connectivity index (χ0v) is 14.1. The number of rotatable bonds is 1. The molecule has 24 heavy (non-hydrogen) atoms. The highest BCUT2D eigenvalue weighted by Crippen LogP contribution is 2.13. The highest BCUT2D eigenvalue weighted by molar-refractivity contribution is 5.93. The first-order valence-electron chi connectivity index (χ1n) is 7.90. The van der Waals surface area contributed by atoms with Crippen molar-refractivity contribution in [1.29, 1.82) is 0 Å². The van der Waals surface area contributed by atoms with Crippen LogP contribution in [0.25, 0.3) is 5.78 Å². The molecular weight excluding hydrogens is 310 g/mol. The summed E-state index contributed by atoms with van der Waals surface area (Å²) in [4.78, 5) is 36.3. The van der Waals surface area contributed by atoms with Gasteiger partial charge in [-0.25, -0.2) is 14.8 Å². The SMILES string of the molecule is CC(C)(C)OC(=O)N1CCN(C(=O)c2cn3cccnc3n2)CC1. The Kier molecular flexibility index (Phi) is 4.13. The van der Waals surface area contributed by atoms with Crippen LogP contribution in [-0.4, -0.2) is 67.9 Å². The predicted molar refractivity (Wildman–Crippen MR) is 86.7 cm³/mol. The van der Waals surface area contributed by atoms with E-state index in [2.05, 4.69) is 9.97 Å². The van der Waals surface area contributed by atoms with Gasteiger partial charge in [-0.3, -0.25) is 9.20 Å². The summed E-state index contributed by atoms with van der Waals surface area (Å²) in [5.74, 6) is 0.345. The van der Waals surface area contributed by atoms with Gasteiger partial charge in [0.1, 0.15) is 11.3 Å². The van der Waals surface area contributed by atoms with Crippen LogP contribution in [0, 0.1) is 0 Å². The molecule has 3 heterocycles. The minimum absolute atomic E-state index is 0.149. The van der Waals surface area contributed by atoms with Crippen LogP contribution in [-0.2, 0) is 4.74 Å². The van der Waals surface area contributed by atoms with E-state index in [4.69, 9.17) is 4.74 Å². The summed E-state index contributed by atoms with van der Waals surface area (Å²) in [6.07, 6.45) is 4.76.